The van der Waals surface area contributed by atoms with E-state index in [0.29, 0.717) is 11.1 Å². The van der Waals surface area contributed by atoms with Gasteiger partial charge in [0.1, 0.15) is 5.75 Å². The van der Waals surface area contributed by atoms with Crippen molar-refractivity contribution in [2.24, 2.45) is 0 Å². The summed E-state index contributed by atoms with van der Waals surface area (Å²) >= 11 is 0. The van der Waals surface area contributed by atoms with Crippen molar-refractivity contribution >= 4 is 34.0 Å². The zero-order chi connectivity index (χ0) is 24.9. The molecule has 0 atom stereocenters. The number of rotatable bonds is 7. The Kier molecular flexibility index (Phi) is 6.45. The fourth-order valence-electron chi connectivity index (χ4n) is 3.54. The minimum Gasteiger partial charge on any atom is -0.423 e. The van der Waals surface area contributed by atoms with Crippen molar-refractivity contribution in [3.05, 3.63) is 122 Å². The van der Waals surface area contributed by atoms with E-state index in [1.807, 2.05) is 12.1 Å². The van der Waals surface area contributed by atoms with Gasteiger partial charge in [0.15, 0.2) is 0 Å². The number of esters is 1. The van der Waals surface area contributed by atoms with Crippen LogP contribution in [0.1, 0.15) is 26.3 Å². The highest BCUT2D eigenvalue weighted by atomic mass is 16.6. The van der Waals surface area contributed by atoms with Crippen LogP contribution in [0.5, 0.6) is 5.75 Å². The molecule has 4 aromatic rings. The Hall–Kier alpha value is -5.12. The Balaban J connectivity index is 1.68. The number of benzene rings is 4. The highest BCUT2D eigenvalue weighted by Gasteiger charge is 2.22. The van der Waals surface area contributed by atoms with Crippen molar-refractivity contribution in [2.75, 3.05) is 0 Å². The lowest BCUT2D eigenvalue weighted by Gasteiger charge is -2.14. The molecule has 0 spiro atoms. The summed E-state index contributed by atoms with van der Waals surface area (Å²) in [6, 6.07) is 21.7. The van der Waals surface area contributed by atoms with Crippen molar-refractivity contribution in [3.8, 4) is 5.75 Å². The summed E-state index contributed by atoms with van der Waals surface area (Å²) in [7, 11) is 0. The molecule has 0 saturated heterocycles. The Morgan fingerprint density at radius 1 is 0.771 bits per heavy atom. The third-order valence-corrected chi connectivity index (χ3v) is 5.22. The van der Waals surface area contributed by atoms with Crippen LogP contribution in [-0.4, -0.2) is 21.7 Å². The van der Waals surface area contributed by atoms with Crippen LogP contribution in [0.3, 0.4) is 0 Å². The highest BCUT2D eigenvalue weighted by molar-refractivity contribution is 5.96. The molecular weight excluding hydrogens is 454 g/mol. The van der Waals surface area contributed by atoms with Crippen LogP contribution < -0.4 is 10.1 Å². The van der Waals surface area contributed by atoms with Crippen molar-refractivity contribution in [1.29, 1.82) is 0 Å². The maximum absolute atomic E-state index is 12.9. The molecular formula is C25H17N3O7. The topological polar surface area (TPSA) is 142 Å². The van der Waals surface area contributed by atoms with E-state index in [1.165, 1.54) is 6.07 Å². The molecule has 10 heteroatoms. The molecule has 0 heterocycles. The van der Waals surface area contributed by atoms with Gasteiger partial charge in [0.2, 0.25) is 0 Å². The standard InChI is InChI=1S/C25H17N3O7/c29-24(17-7-2-1-3-8-17)26-15-22-21-9-5-4-6-16(21)10-11-23(22)35-25(30)18-12-19(27(31)32)14-20(13-18)28(33)34/h1-14H,15H2,(H,26,29). The van der Waals surface area contributed by atoms with Gasteiger partial charge in [0, 0.05) is 29.8 Å². The molecule has 1 N–H and O–H groups in total. The smallest absolute Gasteiger partial charge is 0.344 e. The highest BCUT2D eigenvalue weighted by Crippen LogP contribution is 2.30. The van der Waals surface area contributed by atoms with Crippen molar-refractivity contribution in [1.82, 2.24) is 5.32 Å². The molecule has 4 rings (SSSR count). The summed E-state index contributed by atoms with van der Waals surface area (Å²) in [5.74, 6) is -1.23. The molecule has 0 unspecified atom stereocenters. The summed E-state index contributed by atoms with van der Waals surface area (Å²) in [4.78, 5) is 46.1. The maximum Gasteiger partial charge on any atom is 0.344 e. The number of hydrogen-bond donors (Lipinski definition) is 1. The maximum atomic E-state index is 12.9. The van der Waals surface area contributed by atoms with Gasteiger partial charge in [0.05, 0.1) is 21.5 Å². The minimum absolute atomic E-state index is 0.0206. The number of fused-ring (bicyclic) bond motifs is 1. The van der Waals surface area contributed by atoms with Crippen molar-refractivity contribution < 1.29 is 24.2 Å². The minimum atomic E-state index is -1.01. The zero-order valence-corrected chi connectivity index (χ0v) is 18.0. The molecule has 4 aromatic carbocycles. The van der Waals surface area contributed by atoms with Crippen LogP contribution >= 0.6 is 0 Å². The molecule has 0 bridgehead atoms. The molecule has 0 aliphatic carbocycles. The van der Waals surface area contributed by atoms with E-state index >= 15 is 0 Å². The van der Waals surface area contributed by atoms with Gasteiger partial charge in [-0.1, -0.05) is 48.5 Å². The second-order valence-electron chi connectivity index (χ2n) is 7.45. The average molecular weight is 471 g/mol. The molecule has 0 aliphatic heterocycles. The number of hydrogen-bond acceptors (Lipinski definition) is 7. The van der Waals surface area contributed by atoms with Gasteiger partial charge in [-0.2, -0.15) is 0 Å². The second-order valence-corrected chi connectivity index (χ2v) is 7.45. The predicted octanol–water partition coefficient (Wildman–Crippen LogP) is 4.81. The molecule has 0 radical (unpaired) electrons. The van der Waals surface area contributed by atoms with E-state index in [9.17, 15) is 29.8 Å². The first-order chi connectivity index (χ1) is 16.8. The van der Waals surface area contributed by atoms with Crippen LogP contribution in [0.15, 0.2) is 84.9 Å². The number of nitrogens with one attached hydrogen (secondary N) is 1. The molecule has 10 nitrogen and oxygen atoms in total. The summed E-state index contributed by atoms with van der Waals surface area (Å²) in [6.45, 7) is 0.0206. The number of carbonyl (C=O) groups is 2. The van der Waals surface area contributed by atoms with E-state index in [-0.39, 0.29) is 23.8 Å². The van der Waals surface area contributed by atoms with Crippen LogP contribution in [0.25, 0.3) is 10.8 Å². The van der Waals surface area contributed by atoms with Crippen LogP contribution in [-0.2, 0) is 6.54 Å². The summed E-state index contributed by atoms with van der Waals surface area (Å²) in [6.07, 6.45) is 0. The fourth-order valence-corrected chi connectivity index (χ4v) is 3.54. The Morgan fingerprint density at radius 2 is 1.40 bits per heavy atom. The van der Waals surface area contributed by atoms with Gasteiger partial charge >= 0.3 is 5.97 Å². The Morgan fingerprint density at radius 3 is 2.06 bits per heavy atom. The summed E-state index contributed by atoms with van der Waals surface area (Å²) < 4.78 is 5.51. The number of ether oxygens (including phenoxy) is 1. The third kappa shape index (κ3) is 5.11. The first kappa shape index (κ1) is 23.1. The van der Waals surface area contributed by atoms with E-state index < -0.39 is 27.2 Å². The molecule has 174 valence electrons. The molecule has 0 fully saturated rings. The lowest BCUT2D eigenvalue weighted by Crippen LogP contribution is -2.23. The van der Waals surface area contributed by atoms with Gasteiger partial charge in [-0.3, -0.25) is 25.0 Å². The molecule has 35 heavy (non-hydrogen) atoms. The van der Waals surface area contributed by atoms with Crippen molar-refractivity contribution in [2.45, 2.75) is 6.54 Å². The lowest BCUT2D eigenvalue weighted by atomic mass is 10.0. The first-order valence-electron chi connectivity index (χ1n) is 10.3. The predicted molar refractivity (Wildman–Crippen MR) is 126 cm³/mol. The molecule has 0 saturated carbocycles. The van der Waals surface area contributed by atoms with Crippen LogP contribution in [0.4, 0.5) is 11.4 Å². The molecule has 1 amide bonds. The average Bonchev–Trinajstić information content (AvgIpc) is 2.87. The second kappa shape index (κ2) is 9.79. The van der Waals surface area contributed by atoms with Crippen LogP contribution in [0, 0.1) is 20.2 Å². The van der Waals surface area contributed by atoms with Crippen molar-refractivity contribution in [3.63, 3.8) is 0 Å². The van der Waals surface area contributed by atoms with Gasteiger partial charge in [-0.25, -0.2) is 4.79 Å². The Bertz CT molecular complexity index is 1440. The molecule has 0 aliphatic rings. The van der Waals surface area contributed by atoms with E-state index in [4.69, 9.17) is 4.74 Å². The quantitative estimate of drug-likeness (QED) is 0.176. The SMILES string of the molecule is O=C(NCc1c(OC(=O)c2cc([N+](=O)[O-])cc([N+](=O)[O-])c2)ccc2ccccc12)c1ccccc1. The largest absolute Gasteiger partial charge is 0.423 e. The molecule has 0 aromatic heterocycles. The number of nitrogens with zero attached hydrogens (tertiary/aromatic N) is 2. The first-order valence-corrected chi connectivity index (χ1v) is 10.3. The van der Waals surface area contributed by atoms with Gasteiger partial charge in [-0.15, -0.1) is 0 Å². The van der Waals surface area contributed by atoms with E-state index in [2.05, 4.69) is 5.32 Å². The fraction of sp³-hybridized carbons (Fsp3) is 0.0400. The lowest BCUT2D eigenvalue weighted by molar-refractivity contribution is -0.394. The number of nitro benzene ring substituents is 2. The zero-order valence-electron chi connectivity index (χ0n) is 18.0. The monoisotopic (exact) mass is 471 g/mol. The van der Waals surface area contributed by atoms with E-state index in [0.717, 1.165) is 29.0 Å². The summed E-state index contributed by atoms with van der Waals surface area (Å²) in [5.41, 5.74) is -0.616. The van der Waals surface area contributed by atoms with Gasteiger partial charge < -0.3 is 10.1 Å². The number of carbonyl (C=O) groups excluding carboxylic acids is 2. The normalized spacial score (nSPS) is 10.5. The number of amides is 1. The summed E-state index contributed by atoms with van der Waals surface area (Å²) in [5, 5.41) is 26.7. The number of non-ortho nitro benzene ring substituents is 2. The van der Waals surface area contributed by atoms with Gasteiger partial charge in [0.25, 0.3) is 17.3 Å². The third-order valence-electron chi connectivity index (χ3n) is 5.22. The van der Waals surface area contributed by atoms with Gasteiger partial charge in [-0.05, 0) is 29.0 Å². The van der Waals surface area contributed by atoms with E-state index in [1.54, 1.807) is 48.5 Å². The number of nitro groups is 2. The Labute approximate surface area is 198 Å². The van der Waals surface area contributed by atoms with Crippen LogP contribution in [0.2, 0.25) is 0 Å².